The molecular weight excluding hydrogens is 422 g/mol. The molecular formula is C28H31N5O. The summed E-state index contributed by atoms with van der Waals surface area (Å²) in [6.45, 7) is 16.3. The van der Waals surface area contributed by atoms with Gasteiger partial charge in [0.2, 0.25) is 0 Å². The van der Waals surface area contributed by atoms with E-state index in [4.69, 9.17) is 5.73 Å². The molecule has 0 aliphatic carbocycles. The summed E-state index contributed by atoms with van der Waals surface area (Å²) in [5.74, 6) is -0.0718. The monoisotopic (exact) mass is 453 g/mol. The highest BCUT2D eigenvalue weighted by molar-refractivity contribution is 6.03. The van der Waals surface area contributed by atoms with Crippen molar-refractivity contribution in [1.82, 2.24) is 14.7 Å². The molecule has 2 heterocycles. The van der Waals surface area contributed by atoms with E-state index in [2.05, 4.69) is 36.4 Å². The Morgan fingerprint density at radius 2 is 1.94 bits per heavy atom. The van der Waals surface area contributed by atoms with Crippen molar-refractivity contribution in [1.29, 1.82) is 0 Å². The minimum absolute atomic E-state index is 0.00524. The van der Waals surface area contributed by atoms with Crippen LogP contribution in [0.5, 0.6) is 0 Å². The normalized spacial score (nSPS) is 16.6. The molecule has 0 unspecified atom stereocenters. The third kappa shape index (κ3) is 5.23. The topological polar surface area (TPSA) is 76.5 Å². The van der Waals surface area contributed by atoms with Gasteiger partial charge >= 0.3 is 0 Å². The second kappa shape index (κ2) is 11.6. The van der Waals surface area contributed by atoms with Crippen LogP contribution in [-0.2, 0) is 0 Å². The lowest BCUT2D eigenvalue weighted by Gasteiger charge is -2.24. The number of likely N-dealkylation sites (tertiary alicyclic amines) is 1. The second-order valence-electron chi connectivity index (χ2n) is 7.80. The van der Waals surface area contributed by atoms with Gasteiger partial charge in [-0.15, -0.1) is 0 Å². The van der Waals surface area contributed by atoms with E-state index in [1.165, 1.54) is 0 Å². The first-order chi connectivity index (χ1) is 16.5. The summed E-state index contributed by atoms with van der Waals surface area (Å²) in [5.41, 5.74) is 10.1. The van der Waals surface area contributed by atoms with Gasteiger partial charge in [-0.3, -0.25) is 9.79 Å². The third-order valence-corrected chi connectivity index (χ3v) is 5.74. The zero-order valence-electron chi connectivity index (χ0n) is 19.4. The molecule has 6 heteroatoms. The van der Waals surface area contributed by atoms with Crippen molar-refractivity contribution in [3.05, 3.63) is 103 Å². The number of hydrogen-bond donors (Lipinski definition) is 1. The third-order valence-electron chi connectivity index (χ3n) is 5.74. The van der Waals surface area contributed by atoms with Gasteiger partial charge in [-0.1, -0.05) is 74.9 Å². The summed E-state index contributed by atoms with van der Waals surface area (Å²) < 4.78 is 1.60. The zero-order valence-corrected chi connectivity index (χ0v) is 19.4. The number of aromatic nitrogens is 2. The smallest absolute Gasteiger partial charge is 0.258 e. The Morgan fingerprint density at radius 3 is 2.59 bits per heavy atom. The van der Waals surface area contributed by atoms with Gasteiger partial charge in [0.05, 0.1) is 23.8 Å². The van der Waals surface area contributed by atoms with E-state index in [1.807, 2.05) is 35.2 Å². The van der Waals surface area contributed by atoms with Gasteiger partial charge in [0.15, 0.2) is 0 Å². The fourth-order valence-electron chi connectivity index (χ4n) is 4.05. The molecule has 1 aliphatic heterocycles. The van der Waals surface area contributed by atoms with E-state index in [-0.39, 0.29) is 11.9 Å². The first-order valence-corrected chi connectivity index (χ1v) is 11.2. The van der Waals surface area contributed by atoms with E-state index in [1.54, 1.807) is 47.5 Å². The number of nitrogens with zero attached hydrogens (tertiary/aromatic N) is 4. The number of aliphatic imine (C=N–C) groups is 1. The van der Waals surface area contributed by atoms with Crippen LogP contribution in [0.1, 0.15) is 28.9 Å². The molecule has 2 aromatic rings. The predicted octanol–water partition coefficient (Wildman–Crippen LogP) is 5.11. The summed E-state index contributed by atoms with van der Waals surface area (Å²) in [4.78, 5) is 20.2. The summed E-state index contributed by atoms with van der Waals surface area (Å²) in [6, 6.07) is 9.68. The van der Waals surface area contributed by atoms with Crippen LogP contribution >= 0.6 is 0 Å². The quantitative estimate of drug-likeness (QED) is 0.401. The minimum atomic E-state index is -0.0718. The van der Waals surface area contributed by atoms with Crippen molar-refractivity contribution in [2.45, 2.75) is 18.9 Å². The van der Waals surface area contributed by atoms with Gasteiger partial charge in [0.25, 0.3) is 5.91 Å². The van der Waals surface area contributed by atoms with Crippen LogP contribution < -0.4 is 5.73 Å². The highest BCUT2D eigenvalue weighted by Gasteiger charge is 2.33. The number of amides is 1. The summed E-state index contributed by atoms with van der Waals surface area (Å²) in [6.07, 6.45) is 13.6. The molecule has 0 spiro atoms. The molecule has 1 amide bonds. The highest BCUT2D eigenvalue weighted by Crippen LogP contribution is 2.30. The van der Waals surface area contributed by atoms with Crippen LogP contribution in [0.15, 0.2) is 97.2 Å². The van der Waals surface area contributed by atoms with Crippen LogP contribution in [0, 0.1) is 0 Å². The molecule has 0 bridgehead atoms. The molecule has 6 nitrogen and oxygen atoms in total. The lowest BCUT2D eigenvalue weighted by molar-refractivity contribution is 0.0742. The molecule has 1 aromatic carbocycles. The predicted molar refractivity (Wildman–Crippen MR) is 142 cm³/mol. The van der Waals surface area contributed by atoms with Crippen molar-refractivity contribution < 1.29 is 4.79 Å². The number of allylic oxidation sites excluding steroid dienone is 4. The van der Waals surface area contributed by atoms with Crippen molar-refractivity contribution in [2.24, 2.45) is 10.7 Å². The van der Waals surface area contributed by atoms with Crippen LogP contribution in [0.3, 0.4) is 0 Å². The van der Waals surface area contributed by atoms with Gasteiger partial charge in [-0.05, 0) is 30.6 Å². The van der Waals surface area contributed by atoms with Crippen molar-refractivity contribution in [3.63, 3.8) is 0 Å². The van der Waals surface area contributed by atoms with E-state index < -0.39 is 0 Å². The molecule has 1 fully saturated rings. The summed E-state index contributed by atoms with van der Waals surface area (Å²) in [7, 11) is 0. The number of rotatable bonds is 10. The van der Waals surface area contributed by atoms with Crippen LogP contribution in [0.4, 0.5) is 0 Å². The van der Waals surface area contributed by atoms with Gasteiger partial charge in [0, 0.05) is 30.2 Å². The Balaban J connectivity index is 1.86. The van der Waals surface area contributed by atoms with Crippen molar-refractivity contribution in [2.75, 3.05) is 13.1 Å². The Bertz CT molecular complexity index is 1170. The lowest BCUT2D eigenvalue weighted by atomic mass is 10.0. The maximum absolute atomic E-state index is 13.8. The molecule has 174 valence electrons. The number of hydrogen-bond acceptors (Lipinski definition) is 4. The molecule has 34 heavy (non-hydrogen) atoms. The van der Waals surface area contributed by atoms with E-state index >= 15 is 0 Å². The van der Waals surface area contributed by atoms with Gasteiger partial charge < -0.3 is 10.6 Å². The number of carbonyl (C=O) groups excluding carboxylic acids is 1. The van der Waals surface area contributed by atoms with Crippen LogP contribution in [0.25, 0.3) is 23.5 Å². The Hall–Kier alpha value is -4.19. The van der Waals surface area contributed by atoms with E-state index in [0.29, 0.717) is 35.7 Å². The largest absolute Gasteiger partial charge is 0.398 e. The molecule has 1 atom stereocenters. The minimum Gasteiger partial charge on any atom is -0.398 e. The molecule has 2 N–H and O–H groups in total. The number of carbonyl (C=O) groups is 1. The van der Waals surface area contributed by atoms with Crippen molar-refractivity contribution in [3.8, 4) is 11.3 Å². The average Bonchev–Trinajstić information content (AvgIpc) is 3.49. The maximum atomic E-state index is 13.8. The van der Waals surface area contributed by atoms with Crippen LogP contribution in [-0.4, -0.2) is 45.9 Å². The Morgan fingerprint density at radius 1 is 1.18 bits per heavy atom. The molecule has 1 saturated heterocycles. The second-order valence-corrected chi connectivity index (χ2v) is 7.80. The number of benzene rings is 1. The van der Waals surface area contributed by atoms with E-state index in [0.717, 1.165) is 24.0 Å². The van der Waals surface area contributed by atoms with Gasteiger partial charge in [0.1, 0.15) is 5.69 Å². The fourth-order valence-corrected chi connectivity index (χ4v) is 4.05. The SMILES string of the molecule is C=C/C=C(C=C)/C(N)=C/C=NC[C@@H]1CCCN1C(=O)c1c(-c2ccccc2)nn(C=C)c1C=C. The Labute approximate surface area is 201 Å². The molecule has 1 aliphatic rings. The lowest BCUT2D eigenvalue weighted by Crippen LogP contribution is -2.37. The van der Waals surface area contributed by atoms with Gasteiger partial charge in [-0.25, -0.2) is 4.68 Å². The van der Waals surface area contributed by atoms with Crippen LogP contribution in [0.2, 0.25) is 0 Å². The molecule has 3 rings (SSSR count). The molecule has 0 radical (unpaired) electrons. The number of nitrogens with two attached hydrogens (primary N) is 1. The Kier molecular flexibility index (Phi) is 8.35. The zero-order chi connectivity index (χ0) is 24.5. The fraction of sp³-hybridized carbons (Fsp3) is 0.179. The molecule has 1 aromatic heterocycles. The first-order valence-electron chi connectivity index (χ1n) is 11.2. The summed E-state index contributed by atoms with van der Waals surface area (Å²) >= 11 is 0. The maximum Gasteiger partial charge on any atom is 0.258 e. The van der Waals surface area contributed by atoms with Crippen molar-refractivity contribution >= 4 is 24.4 Å². The first kappa shape index (κ1) is 24.5. The van der Waals surface area contributed by atoms with Gasteiger partial charge in [-0.2, -0.15) is 5.10 Å². The standard InChI is InChI=1S/C28H31N5O/c1-5-13-21(6-2)24(29)17-18-30-20-23-16-12-19-32(23)28(34)26-25(7-3)33(8-4)31-27(26)22-14-10-9-11-15-22/h5-11,13-15,17-18,23H,1-4,12,16,19-20,29H2/b21-13+,24-17-,30-18?/t23-/m0/s1. The summed E-state index contributed by atoms with van der Waals surface area (Å²) in [5, 5.41) is 4.63. The van der Waals surface area contributed by atoms with E-state index in [9.17, 15) is 4.79 Å². The highest BCUT2D eigenvalue weighted by atomic mass is 16.2. The average molecular weight is 454 g/mol. The molecule has 0 saturated carbocycles.